The number of nitrogens with one attached hydrogen (secondary N) is 2. The molecule has 0 aliphatic heterocycles. The van der Waals surface area contributed by atoms with Gasteiger partial charge in [-0.1, -0.05) is 12.1 Å². The number of carboxylic acids is 1. The van der Waals surface area contributed by atoms with Crippen LogP contribution in [0.15, 0.2) is 18.2 Å². The zero-order valence-electron chi connectivity index (χ0n) is 13.8. The highest BCUT2D eigenvalue weighted by Gasteiger charge is 2.12. The quantitative estimate of drug-likeness (QED) is 0.539. The molecule has 0 aliphatic carbocycles. The molecule has 0 radical (unpaired) electrons. The molecule has 0 bridgehead atoms. The minimum Gasteiger partial charge on any atom is -0.550 e. The maximum atomic E-state index is 11.6. The number of hydrogen-bond donors (Lipinski definition) is 2. The normalized spacial score (nSPS) is 10.4. The molecule has 1 amide bonds. The summed E-state index contributed by atoms with van der Waals surface area (Å²) in [5.74, 6) is -0.394. The highest BCUT2D eigenvalue weighted by molar-refractivity contribution is 5.80. The number of aliphatic carboxylic acids is 1. The predicted molar refractivity (Wildman–Crippen MR) is 82.3 cm³/mol. The number of quaternary nitrogens is 1. The first kappa shape index (κ1) is 18.8. The van der Waals surface area contributed by atoms with Crippen LogP contribution in [0.3, 0.4) is 0 Å². The van der Waals surface area contributed by atoms with Crippen LogP contribution in [0.25, 0.3) is 0 Å². The lowest BCUT2D eigenvalue weighted by atomic mass is 10.1. The molecule has 1 rings (SSSR count). The number of carboxylic acid groups (broad SMARTS) is 1. The highest BCUT2D eigenvalue weighted by Crippen LogP contribution is 2.30. The van der Waals surface area contributed by atoms with Gasteiger partial charge < -0.3 is 29.6 Å². The molecule has 0 heterocycles. The average molecular weight is 324 g/mol. The maximum absolute atomic E-state index is 11.6. The molecule has 0 aromatic heterocycles. The second kappa shape index (κ2) is 9.68. The number of rotatable bonds is 10. The van der Waals surface area contributed by atoms with Crippen LogP contribution < -0.4 is 24.8 Å². The lowest BCUT2D eigenvalue weighted by Crippen LogP contribution is -3.06. The third kappa shape index (κ3) is 7.01. The molecule has 2 N–H and O–H groups in total. The summed E-state index contributed by atoms with van der Waals surface area (Å²) in [6.45, 7) is 1.59. The molecular formula is C16H24N2O5. The number of carbonyl (C=O) groups is 2. The summed E-state index contributed by atoms with van der Waals surface area (Å²) < 4.78 is 11.1. The van der Waals surface area contributed by atoms with Crippen LogP contribution in [0, 0.1) is 0 Å². The van der Waals surface area contributed by atoms with Gasteiger partial charge in [0.05, 0.1) is 21.2 Å². The number of hydrogen-bond acceptors (Lipinski definition) is 5. The van der Waals surface area contributed by atoms with E-state index in [9.17, 15) is 14.7 Å². The number of amides is 1. The van der Waals surface area contributed by atoms with E-state index in [2.05, 4.69) is 5.32 Å². The van der Waals surface area contributed by atoms with Gasteiger partial charge in [0, 0.05) is 24.5 Å². The molecule has 0 atom stereocenters. The van der Waals surface area contributed by atoms with Crippen LogP contribution in [0.1, 0.15) is 18.4 Å². The fourth-order valence-electron chi connectivity index (χ4n) is 1.88. The van der Waals surface area contributed by atoms with Crippen molar-refractivity contribution in [1.82, 2.24) is 5.32 Å². The first-order chi connectivity index (χ1) is 10.9. The second-order valence-electron chi connectivity index (χ2n) is 5.40. The molecule has 7 heteroatoms. The number of methoxy groups -OCH3 is 1. The number of likely N-dealkylation sites (N-methyl/N-ethyl adjacent to an activating group) is 1. The Morgan fingerprint density at radius 3 is 2.61 bits per heavy atom. The van der Waals surface area contributed by atoms with Gasteiger partial charge in [-0.3, -0.25) is 4.79 Å². The van der Waals surface area contributed by atoms with E-state index >= 15 is 0 Å². The third-order valence-electron chi connectivity index (χ3n) is 3.16. The highest BCUT2D eigenvalue weighted by atomic mass is 16.5. The van der Waals surface area contributed by atoms with Crippen LogP contribution >= 0.6 is 0 Å². The van der Waals surface area contributed by atoms with Crippen molar-refractivity contribution in [2.75, 3.05) is 34.4 Å². The molecule has 128 valence electrons. The lowest BCUT2D eigenvalue weighted by Gasteiger charge is -2.16. The molecular weight excluding hydrogens is 300 g/mol. The van der Waals surface area contributed by atoms with Crippen LogP contribution in [-0.2, 0) is 16.1 Å². The van der Waals surface area contributed by atoms with E-state index < -0.39 is 5.97 Å². The third-order valence-corrected chi connectivity index (χ3v) is 3.16. The van der Waals surface area contributed by atoms with Crippen LogP contribution in [0.2, 0.25) is 0 Å². The van der Waals surface area contributed by atoms with Gasteiger partial charge in [-0.2, -0.15) is 0 Å². The van der Waals surface area contributed by atoms with Crippen LogP contribution in [-0.4, -0.2) is 46.2 Å². The molecule has 0 saturated heterocycles. The first-order valence-corrected chi connectivity index (χ1v) is 7.48. The van der Waals surface area contributed by atoms with Crippen molar-refractivity contribution in [3.05, 3.63) is 23.8 Å². The summed E-state index contributed by atoms with van der Waals surface area (Å²) in [6, 6.07) is 5.43. The fraction of sp³-hybridized carbons (Fsp3) is 0.500. The Hall–Kier alpha value is -2.28. The van der Waals surface area contributed by atoms with E-state index in [1.807, 2.05) is 26.2 Å². The zero-order valence-corrected chi connectivity index (χ0v) is 13.8. The summed E-state index contributed by atoms with van der Waals surface area (Å²) in [4.78, 5) is 23.2. The lowest BCUT2D eigenvalue weighted by molar-refractivity contribution is -0.858. The van der Waals surface area contributed by atoms with Gasteiger partial charge in [-0.25, -0.2) is 0 Å². The van der Waals surface area contributed by atoms with Crippen molar-refractivity contribution < 1.29 is 29.1 Å². The summed E-state index contributed by atoms with van der Waals surface area (Å²) in [6.07, 6.45) is -0.397. The summed E-state index contributed by atoms with van der Waals surface area (Å²) in [5.41, 5.74) is 0.778. The molecule has 7 nitrogen and oxygen atoms in total. The molecule has 0 aliphatic rings. The average Bonchev–Trinajstić information content (AvgIpc) is 2.51. The predicted octanol–water partition coefficient (Wildman–Crippen LogP) is -1.64. The van der Waals surface area contributed by atoms with E-state index in [4.69, 9.17) is 9.47 Å². The Labute approximate surface area is 136 Å². The topological polar surface area (TPSA) is 92.1 Å². The van der Waals surface area contributed by atoms with Gasteiger partial charge in [0.15, 0.2) is 11.5 Å². The monoisotopic (exact) mass is 324 g/mol. The molecule has 0 fully saturated rings. The Balaban J connectivity index is 2.69. The number of carbonyl (C=O) groups excluding carboxylic acids is 2. The zero-order chi connectivity index (χ0) is 17.2. The maximum Gasteiger partial charge on any atom is 0.220 e. The fourth-order valence-corrected chi connectivity index (χ4v) is 1.88. The van der Waals surface area contributed by atoms with E-state index in [1.165, 1.54) is 4.90 Å². The molecule has 0 saturated carbocycles. The minimum atomic E-state index is -1.24. The minimum absolute atomic E-state index is 0.105. The smallest absolute Gasteiger partial charge is 0.220 e. The van der Waals surface area contributed by atoms with Crippen molar-refractivity contribution in [2.24, 2.45) is 0 Å². The largest absolute Gasteiger partial charge is 0.550 e. The van der Waals surface area contributed by atoms with Gasteiger partial charge in [0.2, 0.25) is 5.91 Å². The van der Waals surface area contributed by atoms with Crippen molar-refractivity contribution in [2.45, 2.75) is 19.4 Å². The van der Waals surface area contributed by atoms with E-state index in [0.717, 1.165) is 12.1 Å². The molecule has 23 heavy (non-hydrogen) atoms. The van der Waals surface area contributed by atoms with Crippen molar-refractivity contribution in [3.63, 3.8) is 0 Å². The summed E-state index contributed by atoms with van der Waals surface area (Å²) >= 11 is 0. The number of benzene rings is 1. The second-order valence-corrected chi connectivity index (χ2v) is 5.40. The summed E-state index contributed by atoms with van der Waals surface area (Å²) in [7, 11) is 5.62. The Morgan fingerprint density at radius 2 is 2.00 bits per heavy atom. The molecule has 0 unspecified atom stereocenters. The Morgan fingerprint density at radius 1 is 1.26 bits per heavy atom. The van der Waals surface area contributed by atoms with Crippen molar-refractivity contribution in [3.8, 4) is 11.5 Å². The number of para-hydroxylation sites is 1. The van der Waals surface area contributed by atoms with E-state index in [1.54, 1.807) is 13.2 Å². The van der Waals surface area contributed by atoms with Crippen LogP contribution in [0.4, 0.5) is 0 Å². The van der Waals surface area contributed by atoms with Gasteiger partial charge in [-0.05, 0) is 12.5 Å². The standard InChI is InChI=1S/C16H24N2O5/c1-18(2)9-10-23-16-12(5-4-6-13(16)22-3)11-17-14(19)7-8-15(20)21/h4-6H,7-11H2,1-3H3,(H,17,19)(H,20,21). The Kier molecular flexibility index (Phi) is 7.90. The first-order valence-electron chi connectivity index (χ1n) is 7.48. The van der Waals surface area contributed by atoms with E-state index in [-0.39, 0.29) is 25.3 Å². The van der Waals surface area contributed by atoms with E-state index in [0.29, 0.717) is 18.1 Å². The van der Waals surface area contributed by atoms with Crippen molar-refractivity contribution >= 4 is 11.9 Å². The van der Waals surface area contributed by atoms with Gasteiger partial charge in [0.1, 0.15) is 13.2 Å². The summed E-state index contributed by atoms with van der Waals surface area (Å²) in [5, 5.41) is 13.0. The molecule has 1 aromatic rings. The number of ether oxygens (including phenoxy) is 2. The van der Waals surface area contributed by atoms with Gasteiger partial charge >= 0.3 is 0 Å². The SMILES string of the molecule is COc1cccc(CNC(=O)CCC(=O)[O-])c1OCC[NH+](C)C. The van der Waals surface area contributed by atoms with Crippen molar-refractivity contribution in [1.29, 1.82) is 0 Å². The molecule has 1 aromatic carbocycles. The Bertz CT molecular complexity index is 531. The van der Waals surface area contributed by atoms with Gasteiger partial charge in [-0.15, -0.1) is 0 Å². The van der Waals surface area contributed by atoms with Gasteiger partial charge in [0.25, 0.3) is 0 Å². The van der Waals surface area contributed by atoms with Crippen LogP contribution in [0.5, 0.6) is 11.5 Å². The molecule has 0 spiro atoms.